The van der Waals surface area contributed by atoms with Gasteiger partial charge in [0.1, 0.15) is 11.5 Å². The summed E-state index contributed by atoms with van der Waals surface area (Å²) in [5, 5.41) is 11.4. The van der Waals surface area contributed by atoms with Crippen LogP contribution in [0.5, 0.6) is 0 Å². The lowest BCUT2D eigenvalue weighted by molar-refractivity contribution is -0.170. The van der Waals surface area contributed by atoms with Crippen molar-refractivity contribution in [2.75, 3.05) is 7.05 Å². The highest BCUT2D eigenvalue weighted by Gasteiger charge is 2.56. The molecule has 3 aliphatic rings. The molecule has 2 heterocycles. The minimum atomic E-state index is -1.02. The third-order valence-electron chi connectivity index (χ3n) is 7.45. The molecule has 0 aromatic heterocycles. The molecule has 1 saturated carbocycles. The number of ether oxygens (including phenoxy) is 1. The van der Waals surface area contributed by atoms with E-state index in [0.29, 0.717) is 24.9 Å². The summed E-state index contributed by atoms with van der Waals surface area (Å²) in [5.74, 6) is -0.248. The topological polar surface area (TPSA) is 49.8 Å². The second-order valence-electron chi connectivity index (χ2n) is 8.78. The van der Waals surface area contributed by atoms with Gasteiger partial charge in [-0.2, -0.15) is 0 Å². The van der Waals surface area contributed by atoms with Crippen LogP contribution in [0.2, 0.25) is 0 Å². The normalized spacial score (nSPS) is 33.0. The third kappa shape index (κ3) is 2.78. The first-order chi connectivity index (χ1) is 12.4. The summed E-state index contributed by atoms with van der Waals surface area (Å²) in [7, 11) is 2.19. The first-order valence-electron chi connectivity index (χ1n) is 10.1. The summed E-state index contributed by atoms with van der Waals surface area (Å²) in [5.41, 5.74) is -1.16. The van der Waals surface area contributed by atoms with Crippen LogP contribution in [0, 0.1) is 0 Å². The molecule has 0 amide bonds. The summed E-state index contributed by atoms with van der Waals surface area (Å²) in [6.07, 6.45) is 7.46. The van der Waals surface area contributed by atoms with Gasteiger partial charge < -0.3 is 14.7 Å². The number of nitrogens with zero attached hydrogens (tertiary/aromatic N) is 1. The first kappa shape index (κ1) is 18.0. The Kier molecular flexibility index (Phi) is 4.60. The number of fused-ring (bicyclic) bond motifs is 2. The standard InChI is InChI=1S/C22H31NO3/c1-21(16-8-4-3-5-9-16,22(25)12-6-7-13-22)20(24)26-19-14-17-10-11-18(15-19)23(17)2/h3-5,8-9,17-19,25H,6-7,10-15H2,1-2H3. The van der Waals surface area contributed by atoms with Crippen LogP contribution < -0.4 is 0 Å². The van der Waals surface area contributed by atoms with Crippen molar-refractivity contribution in [2.45, 2.75) is 87.5 Å². The van der Waals surface area contributed by atoms with Gasteiger partial charge in [-0.1, -0.05) is 43.2 Å². The van der Waals surface area contributed by atoms with Gasteiger partial charge in [-0.3, -0.25) is 4.79 Å². The quantitative estimate of drug-likeness (QED) is 0.839. The van der Waals surface area contributed by atoms with Gasteiger partial charge in [0.05, 0.1) is 5.60 Å². The monoisotopic (exact) mass is 357 g/mol. The van der Waals surface area contributed by atoms with Gasteiger partial charge in [0.15, 0.2) is 0 Å². The Morgan fingerprint density at radius 3 is 2.31 bits per heavy atom. The van der Waals surface area contributed by atoms with Crippen LogP contribution in [0.15, 0.2) is 30.3 Å². The Labute approximate surface area is 156 Å². The Bertz CT molecular complexity index is 641. The lowest BCUT2D eigenvalue weighted by Crippen LogP contribution is -2.55. The largest absolute Gasteiger partial charge is 0.462 e. The highest BCUT2D eigenvalue weighted by molar-refractivity contribution is 5.85. The molecule has 1 N–H and O–H groups in total. The lowest BCUT2D eigenvalue weighted by atomic mass is 9.67. The molecule has 1 aromatic rings. The van der Waals surface area contributed by atoms with E-state index >= 15 is 0 Å². The molecular formula is C22H31NO3. The van der Waals surface area contributed by atoms with Crippen molar-refractivity contribution in [3.63, 3.8) is 0 Å². The fourth-order valence-electron chi connectivity index (χ4n) is 5.53. The molecule has 1 aromatic carbocycles. The molecule has 0 spiro atoms. The van der Waals surface area contributed by atoms with Crippen molar-refractivity contribution < 1.29 is 14.6 Å². The van der Waals surface area contributed by atoms with E-state index in [0.717, 1.165) is 31.2 Å². The fraction of sp³-hybridized carbons (Fsp3) is 0.682. The molecule has 2 aliphatic heterocycles. The second kappa shape index (κ2) is 6.65. The minimum absolute atomic E-state index is 0.0239. The molecule has 4 rings (SSSR count). The molecule has 4 heteroatoms. The van der Waals surface area contributed by atoms with Crippen molar-refractivity contribution in [1.82, 2.24) is 4.90 Å². The number of hydrogen-bond acceptors (Lipinski definition) is 4. The van der Waals surface area contributed by atoms with Gasteiger partial charge in [-0.15, -0.1) is 0 Å². The third-order valence-corrected chi connectivity index (χ3v) is 7.45. The van der Waals surface area contributed by atoms with Gasteiger partial charge in [0.25, 0.3) is 0 Å². The summed E-state index contributed by atoms with van der Waals surface area (Å²) in [4.78, 5) is 15.9. The number of esters is 1. The van der Waals surface area contributed by atoms with E-state index < -0.39 is 11.0 Å². The minimum Gasteiger partial charge on any atom is -0.462 e. The molecule has 1 aliphatic carbocycles. The van der Waals surface area contributed by atoms with Crippen LogP contribution in [0.3, 0.4) is 0 Å². The van der Waals surface area contributed by atoms with Gasteiger partial charge >= 0.3 is 5.97 Å². The highest BCUT2D eigenvalue weighted by atomic mass is 16.5. The zero-order chi connectivity index (χ0) is 18.4. The number of rotatable bonds is 4. The predicted molar refractivity (Wildman–Crippen MR) is 101 cm³/mol. The zero-order valence-electron chi connectivity index (χ0n) is 16.0. The second-order valence-corrected chi connectivity index (χ2v) is 8.78. The van der Waals surface area contributed by atoms with Crippen LogP contribution >= 0.6 is 0 Å². The SMILES string of the molecule is CN1C2CCC1CC(OC(=O)C(C)(c1ccccc1)C1(O)CCCC1)C2. The van der Waals surface area contributed by atoms with Crippen molar-refractivity contribution in [3.8, 4) is 0 Å². The number of carbonyl (C=O) groups is 1. The van der Waals surface area contributed by atoms with Crippen molar-refractivity contribution in [3.05, 3.63) is 35.9 Å². The van der Waals surface area contributed by atoms with Gasteiger partial charge in [-0.25, -0.2) is 0 Å². The first-order valence-corrected chi connectivity index (χ1v) is 10.1. The predicted octanol–water partition coefficient (Wildman–Crippen LogP) is 3.42. The van der Waals surface area contributed by atoms with E-state index in [4.69, 9.17) is 4.74 Å². The lowest BCUT2D eigenvalue weighted by Gasteiger charge is -2.43. The van der Waals surface area contributed by atoms with E-state index in [1.54, 1.807) is 0 Å². The average Bonchev–Trinajstić information content (AvgIpc) is 3.16. The Morgan fingerprint density at radius 2 is 1.73 bits per heavy atom. The number of hydrogen-bond donors (Lipinski definition) is 1. The van der Waals surface area contributed by atoms with Crippen molar-refractivity contribution >= 4 is 5.97 Å². The zero-order valence-corrected chi connectivity index (χ0v) is 16.0. The molecule has 0 radical (unpaired) electrons. The number of aliphatic hydroxyl groups is 1. The Hall–Kier alpha value is -1.39. The maximum Gasteiger partial charge on any atom is 0.319 e. The molecule has 26 heavy (non-hydrogen) atoms. The Balaban J connectivity index is 1.59. The fourth-order valence-corrected chi connectivity index (χ4v) is 5.53. The number of benzene rings is 1. The smallest absolute Gasteiger partial charge is 0.319 e. The van der Waals surface area contributed by atoms with Crippen LogP contribution in [-0.4, -0.2) is 46.8 Å². The van der Waals surface area contributed by atoms with Crippen molar-refractivity contribution in [1.29, 1.82) is 0 Å². The maximum atomic E-state index is 13.4. The molecule has 3 atom stereocenters. The van der Waals surface area contributed by atoms with E-state index in [1.807, 2.05) is 37.3 Å². The number of carbonyl (C=O) groups excluding carboxylic acids is 1. The van der Waals surface area contributed by atoms with E-state index in [-0.39, 0.29) is 12.1 Å². The van der Waals surface area contributed by atoms with E-state index in [9.17, 15) is 9.90 Å². The van der Waals surface area contributed by atoms with Crippen LogP contribution in [0.4, 0.5) is 0 Å². The molecule has 3 unspecified atom stereocenters. The molecule has 142 valence electrons. The molecule has 2 saturated heterocycles. The summed E-state index contributed by atoms with van der Waals surface area (Å²) in [6, 6.07) is 10.8. The molecule has 3 fully saturated rings. The molecule has 4 nitrogen and oxygen atoms in total. The van der Waals surface area contributed by atoms with Crippen LogP contribution in [0.25, 0.3) is 0 Å². The summed E-state index contributed by atoms with van der Waals surface area (Å²) < 4.78 is 6.09. The van der Waals surface area contributed by atoms with Crippen LogP contribution in [0.1, 0.15) is 63.9 Å². The van der Waals surface area contributed by atoms with Gasteiger partial charge in [0, 0.05) is 12.1 Å². The Morgan fingerprint density at radius 1 is 1.15 bits per heavy atom. The number of piperidine rings is 1. The van der Waals surface area contributed by atoms with Crippen molar-refractivity contribution in [2.24, 2.45) is 0 Å². The average molecular weight is 357 g/mol. The van der Waals surface area contributed by atoms with Crippen LogP contribution in [-0.2, 0) is 14.9 Å². The highest BCUT2D eigenvalue weighted by Crippen LogP contribution is 2.47. The van der Waals surface area contributed by atoms with E-state index in [1.165, 1.54) is 12.8 Å². The summed E-state index contributed by atoms with van der Waals surface area (Å²) >= 11 is 0. The maximum absolute atomic E-state index is 13.4. The van der Waals surface area contributed by atoms with Gasteiger partial charge in [0.2, 0.25) is 0 Å². The van der Waals surface area contributed by atoms with E-state index in [2.05, 4.69) is 11.9 Å². The molecule has 2 bridgehead atoms. The summed E-state index contributed by atoms with van der Waals surface area (Å²) in [6.45, 7) is 1.89. The molecular weight excluding hydrogens is 326 g/mol. The van der Waals surface area contributed by atoms with Gasteiger partial charge in [-0.05, 0) is 58.1 Å².